The number of phenolic OH excluding ortho intramolecular Hbond substituents is 1. The van der Waals surface area contributed by atoms with Crippen LogP contribution in [-0.4, -0.2) is 58.3 Å². The summed E-state index contributed by atoms with van der Waals surface area (Å²) < 4.78 is 16.8. The highest BCUT2D eigenvalue weighted by Crippen LogP contribution is 2.39. The molecule has 0 radical (unpaired) electrons. The van der Waals surface area contributed by atoms with Gasteiger partial charge in [0.2, 0.25) is 5.88 Å². The van der Waals surface area contributed by atoms with Gasteiger partial charge in [-0.15, -0.1) is 0 Å². The molecule has 12 nitrogen and oxygen atoms in total. The number of hydrogen-bond acceptors (Lipinski definition) is 9. The second-order valence-corrected chi connectivity index (χ2v) is 7.36. The minimum absolute atomic E-state index is 0.0117. The summed E-state index contributed by atoms with van der Waals surface area (Å²) in [4.78, 5) is 33.9. The van der Waals surface area contributed by atoms with E-state index in [1.165, 1.54) is 29.2 Å². The van der Waals surface area contributed by atoms with Crippen molar-refractivity contribution in [3.63, 3.8) is 0 Å². The van der Waals surface area contributed by atoms with Crippen molar-refractivity contribution in [3.8, 4) is 35.0 Å². The Balaban J connectivity index is 1.72. The number of benzene rings is 2. The number of nitrogens with zero attached hydrogens (tertiary/aromatic N) is 3. The average molecular weight is 464 g/mol. The monoisotopic (exact) mass is 464 g/mol. The van der Waals surface area contributed by atoms with E-state index >= 15 is 0 Å². The third-order valence-electron chi connectivity index (χ3n) is 4.60. The maximum atomic E-state index is 12.3. The number of carbonyl (C=O) groups is 2. The first-order valence-corrected chi connectivity index (χ1v) is 9.91. The molecule has 0 saturated heterocycles. The molecule has 4 rings (SSSR count). The SMILES string of the molecule is CN(C)C(=O)c1cccc(Oc2nc(Oc3cc(C(=N)N)ccc3O)nc3c2NC(=O)CO3)c1. The van der Waals surface area contributed by atoms with Crippen LogP contribution in [0, 0.1) is 5.41 Å². The molecule has 12 heteroatoms. The van der Waals surface area contributed by atoms with E-state index in [0.29, 0.717) is 11.1 Å². The van der Waals surface area contributed by atoms with Crippen molar-refractivity contribution in [1.82, 2.24) is 14.9 Å². The first-order chi connectivity index (χ1) is 16.2. The Hall–Kier alpha value is -4.87. The van der Waals surface area contributed by atoms with Gasteiger partial charge in [-0.1, -0.05) is 6.07 Å². The molecule has 2 amide bonds. The molecule has 174 valence electrons. The number of aromatic hydroxyl groups is 1. The lowest BCUT2D eigenvalue weighted by Gasteiger charge is -2.20. The first kappa shape index (κ1) is 22.3. The zero-order valence-corrected chi connectivity index (χ0v) is 18.2. The topological polar surface area (TPSA) is 173 Å². The van der Waals surface area contributed by atoms with Gasteiger partial charge in [-0.3, -0.25) is 15.0 Å². The molecule has 1 aliphatic heterocycles. The smallest absolute Gasteiger partial charge is 0.328 e. The highest BCUT2D eigenvalue weighted by atomic mass is 16.5. The molecular formula is C22H20N6O6. The summed E-state index contributed by atoms with van der Waals surface area (Å²) in [6.45, 7) is -0.277. The number of carbonyl (C=O) groups excluding carboxylic acids is 2. The second kappa shape index (κ2) is 8.94. The number of amidine groups is 1. The van der Waals surface area contributed by atoms with Crippen LogP contribution in [0.1, 0.15) is 15.9 Å². The number of nitrogens with one attached hydrogen (secondary N) is 2. The molecule has 5 N–H and O–H groups in total. The summed E-state index contributed by atoms with van der Waals surface area (Å²) in [6, 6.07) is 10.2. The molecule has 2 heterocycles. The van der Waals surface area contributed by atoms with Crippen LogP contribution in [0.15, 0.2) is 42.5 Å². The molecule has 0 saturated carbocycles. The molecular weight excluding hydrogens is 444 g/mol. The van der Waals surface area contributed by atoms with Gasteiger partial charge in [-0.2, -0.15) is 9.97 Å². The van der Waals surface area contributed by atoms with E-state index in [4.69, 9.17) is 25.4 Å². The summed E-state index contributed by atoms with van der Waals surface area (Å²) in [5.41, 5.74) is 6.27. The molecule has 3 aromatic rings. The number of amides is 2. The normalized spacial score (nSPS) is 12.1. The molecule has 34 heavy (non-hydrogen) atoms. The van der Waals surface area contributed by atoms with Gasteiger partial charge in [0.1, 0.15) is 11.6 Å². The van der Waals surface area contributed by atoms with Crippen molar-refractivity contribution in [2.75, 3.05) is 26.0 Å². The molecule has 1 aromatic heterocycles. The van der Waals surface area contributed by atoms with Gasteiger partial charge >= 0.3 is 6.01 Å². The molecule has 0 atom stereocenters. The van der Waals surface area contributed by atoms with E-state index in [-0.39, 0.29) is 59.1 Å². The summed E-state index contributed by atoms with van der Waals surface area (Å²) in [6.07, 6.45) is 0. The van der Waals surface area contributed by atoms with Crippen molar-refractivity contribution in [3.05, 3.63) is 53.6 Å². The number of nitrogens with two attached hydrogens (primary N) is 1. The van der Waals surface area contributed by atoms with Crippen molar-refractivity contribution in [1.29, 1.82) is 5.41 Å². The number of fused-ring (bicyclic) bond motifs is 1. The Morgan fingerprint density at radius 3 is 2.71 bits per heavy atom. The largest absolute Gasteiger partial charge is 0.504 e. The number of anilines is 1. The second-order valence-electron chi connectivity index (χ2n) is 7.36. The Morgan fingerprint density at radius 1 is 1.18 bits per heavy atom. The number of nitrogen functional groups attached to an aromatic ring is 1. The molecule has 2 aromatic carbocycles. The zero-order chi connectivity index (χ0) is 24.4. The van der Waals surface area contributed by atoms with Crippen LogP contribution >= 0.6 is 0 Å². The van der Waals surface area contributed by atoms with E-state index < -0.39 is 5.91 Å². The van der Waals surface area contributed by atoms with Gasteiger partial charge in [-0.05, 0) is 36.4 Å². The molecule has 0 fully saturated rings. The Bertz CT molecular complexity index is 1310. The lowest BCUT2D eigenvalue weighted by molar-refractivity contribution is -0.118. The Kier molecular flexibility index (Phi) is 5.87. The van der Waals surface area contributed by atoms with Crippen LogP contribution in [-0.2, 0) is 4.79 Å². The molecule has 1 aliphatic rings. The number of phenols is 1. The van der Waals surface area contributed by atoms with Crippen molar-refractivity contribution in [2.45, 2.75) is 0 Å². The van der Waals surface area contributed by atoms with E-state index in [0.717, 1.165) is 0 Å². The van der Waals surface area contributed by atoms with Crippen molar-refractivity contribution < 1.29 is 28.9 Å². The minimum atomic E-state index is -0.432. The Morgan fingerprint density at radius 2 is 1.97 bits per heavy atom. The average Bonchev–Trinajstić information content (AvgIpc) is 2.80. The predicted octanol–water partition coefficient (Wildman–Crippen LogP) is 2.08. The van der Waals surface area contributed by atoms with Gasteiger partial charge in [0.15, 0.2) is 23.8 Å². The lowest BCUT2D eigenvalue weighted by Crippen LogP contribution is -2.26. The summed E-state index contributed by atoms with van der Waals surface area (Å²) in [5.74, 6) is -1.03. The van der Waals surface area contributed by atoms with Gasteiger partial charge in [0, 0.05) is 25.2 Å². The minimum Gasteiger partial charge on any atom is -0.504 e. The zero-order valence-electron chi connectivity index (χ0n) is 18.2. The van der Waals surface area contributed by atoms with Gasteiger partial charge in [0.05, 0.1) is 0 Å². The fourth-order valence-corrected chi connectivity index (χ4v) is 2.97. The number of ether oxygens (including phenoxy) is 3. The lowest BCUT2D eigenvalue weighted by atomic mass is 10.2. The van der Waals surface area contributed by atoms with Crippen LogP contribution in [0.3, 0.4) is 0 Å². The highest BCUT2D eigenvalue weighted by Gasteiger charge is 2.26. The van der Waals surface area contributed by atoms with E-state index in [1.807, 2.05) is 0 Å². The van der Waals surface area contributed by atoms with Crippen molar-refractivity contribution >= 4 is 23.3 Å². The standard InChI is InChI=1S/C22H20N6O6/c1-28(2)21(31)12-4-3-5-13(8-12)33-20-17-19(32-10-16(30)25-17)26-22(27-20)34-15-9-11(18(23)24)6-7-14(15)29/h3-9,29H,10H2,1-2H3,(H3,23,24)(H,25,30). The van der Waals surface area contributed by atoms with Crippen LogP contribution in [0.2, 0.25) is 0 Å². The quantitative estimate of drug-likeness (QED) is 0.315. The van der Waals surface area contributed by atoms with Crippen LogP contribution in [0.4, 0.5) is 5.69 Å². The summed E-state index contributed by atoms with van der Waals surface area (Å²) in [7, 11) is 3.26. The summed E-state index contributed by atoms with van der Waals surface area (Å²) >= 11 is 0. The van der Waals surface area contributed by atoms with Crippen LogP contribution < -0.4 is 25.3 Å². The summed E-state index contributed by atoms with van der Waals surface area (Å²) in [5, 5.41) is 20.3. The third-order valence-corrected chi connectivity index (χ3v) is 4.60. The number of hydrogen-bond donors (Lipinski definition) is 4. The van der Waals surface area contributed by atoms with Gasteiger partial charge < -0.3 is 35.3 Å². The maximum Gasteiger partial charge on any atom is 0.328 e. The third kappa shape index (κ3) is 4.65. The van der Waals surface area contributed by atoms with Crippen molar-refractivity contribution in [2.24, 2.45) is 5.73 Å². The molecule has 0 unspecified atom stereocenters. The van der Waals surface area contributed by atoms with Crippen LogP contribution in [0.25, 0.3) is 0 Å². The molecule has 0 aliphatic carbocycles. The van der Waals surface area contributed by atoms with E-state index in [2.05, 4.69) is 15.3 Å². The number of rotatable bonds is 6. The fourth-order valence-electron chi connectivity index (χ4n) is 2.97. The predicted molar refractivity (Wildman–Crippen MR) is 120 cm³/mol. The van der Waals surface area contributed by atoms with E-state index in [9.17, 15) is 14.7 Å². The van der Waals surface area contributed by atoms with E-state index in [1.54, 1.807) is 32.3 Å². The number of aromatic nitrogens is 2. The Labute approximate surface area is 193 Å². The van der Waals surface area contributed by atoms with Gasteiger partial charge in [-0.25, -0.2) is 0 Å². The maximum absolute atomic E-state index is 12.3. The highest BCUT2D eigenvalue weighted by molar-refractivity contribution is 5.97. The first-order valence-electron chi connectivity index (χ1n) is 9.91. The molecule has 0 bridgehead atoms. The fraction of sp³-hybridized carbons (Fsp3) is 0.136. The van der Waals surface area contributed by atoms with Gasteiger partial charge in [0.25, 0.3) is 17.7 Å². The molecule has 0 spiro atoms. The van der Waals surface area contributed by atoms with Crippen LogP contribution in [0.5, 0.6) is 35.0 Å².